The third-order valence-electron chi connectivity index (χ3n) is 3.90. The number of aliphatic hydroxyl groups excluding tert-OH is 1. The standard InChI is InChI=1S/C16H20N2O/c1-2-13-8-9-15(10-17)18(11-13)16(12-19)14-6-4-3-5-7-14/h2-7,13,15-16,19H,1,8-9,11-12H2/t13-,15+,16-/m0/s1. The first-order valence-corrected chi connectivity index (χ1v) is 6.74. The maximum atomic E-state index is 9.73. The average Bonchev–Trinajstić information content (AvgIpc) is 2.49. The van der Waals surface area contributed by atoms with Crippen LogP contribution in [0.25, 0.3) is 0 Å². The van der Waals surface area contributed by atoms with Crippen LogP contribution in [0.15, 0.2) is 43.0 Å². The Balaban J connectivity index is 2.24. The minimum atomic E-state index is -0.117. The van der Waals surface area contributed by atoms with E-state index < -0.39 is 0 Å². The Bertz CT molecular complexity index is 452. The third kappa shape index (κ3) is 3.04. The zero-order valence-electron chi connectivity index (χ0n) is 11.1. The molecule has 0 spiro atoms. The van der Waals surface area contributed by atoms with Gasteiger partial charge in [-0.05, 0) is 24.3 Å². The molecule has 19 heavy (non-hydrogen) atoms. The van der Waals surface area contributed by atoms with Crippen molar-refractivity contribution in [2.45, 2.75) is 24.9 Å². The molecule has 1 aromatic rings. The number of hydrogen-bond donors (Lipinski definition) is 1. The van der Waals surface area contributed by atoms with Crippen LogP contribution in [0.4, 0.5) is 0 Å². The van der Waals surface area contributed by atoms with Crippen molar-refractivity contribution in [2.75, 3.05) is 13.2 Å². The van der Waals surface area contributed by atoms with Gasteiger partial charge >= 0.3 is 0 Å². The fourth-order valence-corrected chi connectivity index (χ4v) is 2.78. The summed E-state index contributed by atoms with van der Waals surface area (Å²) < 4.78 is 0. The molecule has 3 heteroatoms. The zero-order chi connectivity index (χ0) is 13.7. The van der Waals surface area contributed by atoms with E-state index in [-0.39, 0.29) is 18.7 Å². The number of nitrogens with zero attached hydrogens (tertiary/aromatic N) is 2. The van der Waals surface area contributed by atoms with Gasteiger partial charge in [-0.25, -0.2) is 0 Å². The van der Waals surface area contributed by atoms with E-state index in [1.165, 1.54) is 0 Å². The van der Waals surface area contributed by atoms with E-state index in [1.54, 1.807) is 0 Å². The first-order chi connectivity index (χ1) is 9.30. The van der Waals surface area contributed by atoms with Crippen molar-refractivity contribution in [3.05, 3.63) is 48.6 Å². The molecule has 0 bridgehead atoms. The van der Waals surface area contributed by atoms with Gasteiger partial charge in [0.1, 0.15) is 0 Å². The minimum absolute atomic E-state index is 0.0338. The van der Waals surface area contributed by atoms with Gasteiger partial charge in [0.05, 0.1) is 24.8 Å². The van der Waals surface area contributed by atoms with E-state index in [0.717, 1.165) is 24.9 Å². The molecule has 0 radical (unpaired) electrons. The van der Waals surface area contributed by atoms with E-state index in [9.17, 15) is 10.4 Å². The Kier molecular flexibility index (Phi) is 4.73. The summed E-state index contributed by atoms with van der Waals surface area (Å²) in [4.78, 5) is 2.12. The molecule has 1 aliphatic heterocycles. The SMILES string of the molecule is C=C[C@H]1CC[C@H](C#N)N([C@@H](CO)c2ccccc2)C1. The highest BCUT2D eigenvalue weighted by atomic mass is 16.3. The second-order valence-corrected chi connectivity index (χ2v) is 5.02. The lowest BCUT2D eigenvalue weighted by Gasteiger charge is -2.40. The molecule has 0 unspecified atom stereocenters. The van der Waals surface area contributed by atoms with Crippen LogP contribution in [0, 0.1) is 17.2 Å². The van der Waals surface area contributed by atoms with E-state index in [4.69, 9.17) is 0 Å². The van der Waals surface area contributed by atoms with Crippen molar-refractivity contribution in [3.63, 3.8) is 0 Å². The van der Waals surface area contributed by atoms with Gasteiger partial charge in [0, 0.05) is 6.54 Å². The summed E-state index contributed by atoms with van der Waals surface area (Å²) in [5.41, 5.74) is 1.06. The fraction of sp³-hybridized carbons (Fsp3) is 0.438. The molecule has 3 atom stereocenters. The summed E-state index contributed by atoms with van der Waals surface area (Å²) >= 11 is 0. The molecule has 2 rings (SSSR count). The van der Waals surface area contributed by atoms with E-state index in [0.29, 0.717) is 5.92 Å². The summed E-state index contributed by atoms with van der Waals surface area (Å²) in [5.74, 6) is 0.405. The van der Waals surface area contributed by atoms with Crippen LogP contribution in [0.5, 0.6) is 0 Å². The molecule has 0 aromatic heterocycles. The second kappa shape index (κ2) is 6.51. The highest BCUT2D eigenvalue weighted by molar-refractivity contribution is 5.20. The Morgan fingerprint density at radius 1 is 1.42 bits per heavy atom. The fourth-order valence-electron chi connectivity index (χ4n) is 2.78. The lowest BCUT2D eigenvalue weighted by atomic mass is 9.90. The van der Waals surface area contributed by atoms with Crippen molar-refractivity contribution in [1.82, 2.24) is 4.90 Å². The maximum absolute atomic E-state index is 9.73. The van der Waals surface area contributed by atoms with Gasteiger partial charge in [0.25, 0.3) is 0 Å². The number of aliphatic hydroxyl groups is 1. The molecule has 100 valence electrons. The largest absolute Gasteiger partial charge is 0.394 e. The van der Waals surface area contributed by atoms with Crippen LogP contribution in [0.3, 0.4) is 0 Å². The molecule has 1 saturated heterocycles. The first kappa shape index (κ1) is 13.8. The molecular formula is C16H20N2O. The summed E-state index contributed by atoms with van der Waals surface area (Å²) in [5, 5.41) is 19.0. The molecule has 1 heterocycles. The quantitative estimate of drug-likeness (QED) is 0.842. The summed E-state index contributed by atoms with van der Waals surface area (Å²) in [6, 6.07) is 12.1. The van der Waals surface area contributed by atoms with Crippen LogP contribution < -0.4 is 0 Å². The number of likely N-dealkylation sites (tertiary alicyclic amines) is 1. The molecular weight excluding hydrogens is 236 g/mol. The number of hydrogen-bond acceptors (Lipinski definition) is 3. The van der Waals surface area contributed by atoms with E-state index >= 15 is 0 Å². The monoisotopic (exact) mass is 256 g/mol. The topological polar surface area (TPSA) is 47.3 Å². The minimum Gasteiger partial charge on any atom is -0.394 e. The number of benzene rings is 1. The highest BCUT2D eigenvalue weighted by Crippen LogP contribution is 2.30. The highest BCUT2D eigenvalue weighted by Gasteiger charge is 2.32. The third-order valence-corrected chi connectivity index (χ3v) is 3.90. The lowest BCUT2D eigenvalue weighted by Crippen LogP contribution is -2.45. The van der Waals surface area contributed by atoms with Gasteiger partial charge in [0.2, 0.25) is 0 Å². The number of nitriles is 1. The van der Waals surface area contributed by atoms with Gasteiger partial charge in [0.15, 0.2) is 0 Å². The smallest absolute Gasteiger partial charge is 0.0984 e. The summed E-state index contributed by atoms with van der Waals surface area (Å²) in [6.45, 7) is 4.68. The maximum Gasteiger partial charge on any atom is 0.0984 e. The molecule has 3 nitrogen and oxygen atoms in total. The molecule has 0 amide bonds. The van der Waals surface area contributed by atoms with Crippen molar-refractivity contribution in [3.8, 4) is 6.07 Å². The first-order valence-electron chi connectivity index (χ1n) is 6.74. The molecule has 1 aromatic carbocycles. The van der Waals surface area contributed by atoms with Gasteiger partial charge in [-0.15, -0.1) is 6.58 Å². The van der Waals surface area contributed by atoms with Gasteiger partial charge < -0.3 is 5.11 Å². The Hall–Kier alpha value is -1.63. The second-order valence-electron chi connectivity index (χ2n) is 5.02. The molecule has 1 N–H and O–H groups in total. The predicted molar refractivity (Wildman–Crippen MR) is 75.3 cm³/mol. The van der Waals surface area contributed by atoms with Crippen LogP contribution in [-0.2, 0) is 0 Å². The summed E-state index contributed by atoms with van der Waals surface area (Å²) in [7, 11) is 0. The Morgan fingerprint density at radius 3 is 2.74 bits per heavy atom. The van der Waals surface area contributed by atoms with E-state index in [1.807, 2.05) is 36.4 Å². The van der Waals surface area contributed by atoms with Crippen LogP contribution >= 0.6 is 0 Å². The van der Waals surface area contributed by atoms with Crippen molar-refractivity contribution in [2.24, 2.45) is 5.92 Å². The summed E-state index contributed by atoms with van der Waals surface area (Å²) in [6.07, 6.45) is 3.81. The van der Waals surface area contributed by atoms with Gasteiger partial charge in [-0.3, -0.25) is 4.90 Å². The molecule has 1 aliphatic rings. The lowest BCUT2D eigenvalue weighted by molar-refractivity contribution is 0.0640. The molecule has 0 aliphatic carbocycles. The zero-order valence-corrected chi connectivity index (χ0v) is 11.1. The molecule has 1 fully saturated rings. The van der Waals surface area contributed by atoms with Gasteiger partial charge in [-0.1, -0.05) is 36.4 Å². The van der Waals surface area contributed by atoms with Crippen molar-refractivity contribution >= 4 is 0 Å². The Morgan fingerprint density at radius 2 is 2.16 bits per heavy atom. The van der Waals surface area contributed by atoms with Crippen LogP contribution in [0.2, 0.25) is 0 Å². The van der Waals surface area contributed by atoms with Crippen molar-refractivity contribution in [1.29, 1.82) is 5.26 Å². The predicted octanol–water partition coefficient (Wildman–Crippen LogP) is 2.51. The Labute approximate surface area is 114 Å². The normalized spacial score (nSPS) is 25.5. The van der Waals surface area contributed by atoms with Crippen molar-refractivity contribution < 1.29 is 5.11 Å². The van der Waals surface area contributed by atoms with Gasteiger partial charge in [-0.2, -0.15) is 5.26 Å². The number of piperidine rings is 1. The van der Waals surface area contributed by atoms with Crippen LogP contribution in [-0.4, -0.2) is 29.2 Å². The molecule has 0 saturated carbocycles. The average molecular weight is 256 g/mol. The van der Waals surface area contributed by atoms with Crippen LogP contribution in [0.1, 0.15) is 24.4 Å². The van der Waals surface area contributed by atoms with E-state index in [2.05, 4.69) is 17.5 Å². The number of rotatable bonds is 4.